The van der Waals surface area contributed by atoms with Crippen LogP contribution in [0.4, 0.5) is 8.78 Å². The number of halogens is 2. The van der Waals surface area contributed by atoms with E-state index in [4.69, 9.17) is 0 Å². The summed E-state index contributed by atoms with van der Waals surface area (Å²) in [6, 6.07) is 5.42. The second-order valence-electron chi connectivity index (χ2n) is 10.2. The van der Waals surface area contributed by atoms with Gasteiger partial charge in [0.1, 0.15) is 6.04 Å². The van der Waals surface area contributed by atoms with Crippen molar-refractivity contribution >= 4 is 22.7 Å². The first kappa shape index (κ1) is 26.0. The Morgan fingerprint density at radius 3 is 2.35 bits per heavy atom. The molecule has 1 atom stereocenters. The highest BCUT2D eigenvalue weighted by molar-refractivity contribution is 6.06. The third-order valence-corrected chi connectivity index (χ3v) is 6.33. The molecule has 2 aromatic rings. The number of aliphatic hydroxyl groups excluding tert-OH is 2. The van der Waals surface area contributed by atoms with Gasteiger partial charge in [-0.1, -0.05) is 39.0 Å². The van der Waals surface area contributed by atoms with E-state index in [1.807, 2.05) is 12.1 Å². The van der Waals surface area contributed by atoms with Crippen LogP contribution in [0.15, 0.2) is 24.3 Å². The van der Waals surface area contributed by atoms with E-state index in [2.05, 4.69) is 15.7 Å². The van der Waals surface area contributed by atoms with Crippen molar-refractivity contribution in [1.29, 1.82) is 0 Å². The van der Waals surface area contributed by atoms with Crippen LogP contribution >= 0.6 is 0 Å². The zero-order valence-electron chi connectivity index (χ0n) is 19.9. The molecule has 1 aromatic heterocycles. The number of hydrogen-bond acceptors (Lipinski definition) is 5. The third kappa shape index (κ3) is 6.09. The number of aliphatic hydroxyl groups is 2. The maximum Gasteiger partial charge on any atom is 0.273 e. The van der Waals surface area contributed by atoms with Gasteiger partial charge in [0.25, 0.3) is 5.91 Å². The van der Waals surface area contributed by atoms with Gasteiger partial charge in [-0.25, -0.2) is 8.78 Å². The van der Waals surface area contributed by atoms with Crippen molar-refractivity contribution in [2.24, 2.45) is 11.3 Å². The molecule has 8 nitrogen and oxygen atoms in total. The van der Waals surface area contributed by atoms with Crippen LogP contribution < -0.4 is 10.6 Å². The van der Waals surface area contributed by atoms with Crippen LogP contribution in [-0.4, -0.2) is 63.0 Å². The average Bonchev–Trinajstić information content (AvgIpc) is 3.14. The van der Waals surface area contributed by atoms with E-state index in [0.29, 0.717) is 24.8 Å². The first-order valence-corrected chi connectivity index (χ1v) is 11.6. The Hall–Kier alpha value is -2.59. The minimum Gasteiger partial charge on any atom is -0.394 e. The van der Waals surface area contributed by atoms with Gasteiger partial charge in [0, 0.05) is 24.8 Å². The molecule has 1 unspecified atom stereocenters. The number of carbonyl (C=O) groups excluding carboxylic acids is 2. The molecule has 188 valence electrons. The molecule has 0 saturated heterocycles. The highest BCUT2D eigenvalue weighted by Crippen LogP contribution is 2.37. The minimum atomic E-state index is -2.61. The number of para-hydroxylation sites is 1. The molecule has 1 saturated carbocycles. The van der Waals surface area contributed by atoms with Crippen molar-refractivity contribution < 1.29 is 28.6 Å². The highest BCUT2D eigenvalue weighted by atomic mass is 19.3. The quantitative estimate of drug-likeness (QED) is 0.463. The molecule has 3 rings (SSSR count). The van der Waals surface area contributed by atoms with Gasteiger partial charge in [0.15, 0.2) is 5.69 Å². The number of fused-ring (bicyclic) bond motifs is 1. The van der Waals surface area contributed by atoms with E-state index >= 15 is 0 Å². The van der Waals surface area contributed by atoms with E-state index < -0.39 is 48.4 Å². The lowest BCUT2D eigenvalue weighted by molar-refractivity contribution is -0.126. The van der Waals surface area contributed by atoms with Crippen LogP contribution in [0.2, 0.25) is 0 Å². The van der Waals surface area contributed by atoms with E-state index in [1.54, 1.807) is 37.6 Å². The topological polar surface area (TPSA) is 116 Å². The predicted molar refractivity (Wildman–Crippen MR) is 123 cm³/mol. The standard InChI is InChI=1S/C24H34F2N4O4/c1-23(2,3)20(22(34)27-16(13-31)14-32)28-21(33)19-17-6-4-5-7-18(17)30(29-19)12-15-8-10-24(25,26)11-9-15/h4-7,15-16,20,31-32H,8-14H2,1-3H3,(H,27,34)(H,28,33). The summed E-state index contributed by atoms with van der Waals surface area (Å²) < 4.78 is 28.8. The van der Waals surface area contributed by atoms with E-state index in [0.717, 1.165) is 5.52 Å². The fourth-order valence-electron chi connectivity index (χ4n) is 4.27. The lowest BCUT2D eigenvalue weighted by Gasteiger charge is -2.31. The maximum absolute atomic E-state index is 13.6. The summed E-state index contributed by atoms with van der Waals surface area (Å²) in [5, 5.41) is 29.0. The van der Waals surface area contributed by atoms with E-state index in [9.17, 15) is 28.6 Å². The average molecular weight is 481 g/mol. The Balaban J connectivity index is 1.83. The Morgan fingerprint density at radius 2 is 1.76 bits per heavy atom. The second kappa shape index (κ2) is 10.4. The van der Waals surface area contributed by atoms with Crippen LogP contribution in [-0.2, 0) is 11.3 Å². The van der Waals surface area contributed by atoms with E-state index in [-0.39, 0.29) is 24.5 Å². The molecule has 1 aliphatic carbocycles. The summed E-state index contributed by atoms with van der Waals surface area (Å²) in [4.78, 5) is 26.1. The van der Waals surface area contributed by atoms with Crippen LogP contribution in [0.1, 0.15) is 56.9 Å². The monoisotopic (exact) mass is 480 g/mol. The number of alkyl halides is 2. The highest BCUT2D eigenvalue weighted by Gasteiger charge is 2.36. The van der Waals surface area contributed by atoms with Gasteiger partial charge in [-0.2, -0.15) is 5.10 Å². The van der Waals surface area contributed by atoms with Gasteiger partial charge in [-0.3, -0.25) is 14.3 Å². The molecule has 0 bridgehead atoms. The van der Waals surface area contributed by atoms with Crippen molar-refractivity contribution in [2.75, 3.05) is 13.2 Å². The molecular formula is C24H34F2N4O4. The molecule has 1 aromatic carbocycles. The van der Waals surface area contributed by atoms with Crippen LogP contribution in [0, 0.1) is 11.3 Å². The molecule has 34 heavy (non-hydrogen) atoms. The number of hydrogen-bond donors (Lipinski definition) is 4. The number of carbonyl (C=O) groups is 2. The Labute approximate surface area is 197 Å². The molecule has 4 N–H and O–H groups in total. The van der Waals surface area contributed by atoms with Crippen LogP contribution in [0.5, 0.6) is 0 Å². The summed E-state index contributed by atoms with van der Waals surface area (Å²) in [6.45, 7) is 4.94. The van der Waals surface area contributed by atoms with Crippen molar-refractivity contribution in [3.8, 4) is 0 Å². The zero-order chi connectivity index (χ0) is 25.1. The SMILES string of the molecule is CC(C)(C)C(NC(=O)c1nn(CC2CCC(F)(F)CC2)c2ccccc12)C(=O)NC(CO)CO. The van der Waals surface area contributed by atoms with Gasteiger partial charge in [-0.15, -0.1) is 0 Å². The molecule has 1 aliphatic rings. The summed E-state index contributed by atoms with van der Waals surface area (Å²) in [5.74, 6) is -3.63. The fraction of sp³-hybridized carbons (Fsp3) is 0.625. The van der Waals surface area contributed by atoms with Gasteiger partial charge < -0.3 is 20.8 Å². The number of rotatable bonds is 8. The van der Waals surface area contributed by atoms with Crippen molar-refractivity contribution in [1.82, 2.24) is 20.4 Å². The van der Waals surface area contributed by atoms with Gasteiger partial charge >= 0.3 is 0 Å². The first-order chi connectivity index (χ1) is 15.9. The second-order valence-corrected chi connectivity index (χ2v) is 10.2. The zero-order valence-corrected chi connectivity index (χ0v) is 19.9. The first-order valence-electron chi connectivity index (χ1n) is 11.6. The van der Waals surface area contributed by atoms with Crippen molar-refractivity contribution in [3.63, 3.8) is 0 Å². The molecule has 0 aliphatic heterocycles. The number of nitrogens with zero attached hydrogens (tertiary/aromatic N) is 2. The molecule has 10 heteroatoms. The van der Waals surface area contributed by atoms with Gasteiger partial charge in [0.2, 0.25) is 11.8 Å². The number of nitrogens with one attached hydrogen (secondary N) is 2. The number of benzene rings is 1. The molecule has 2 amide bonds. The summed E-state index contributed by atoms with van der Waals surface area (Å²) in [7, 11) is 0. The summed E-state index contributed by atoms with van der Waals surface area (Å²) >= 11 is 0. The molecule has 0 radical (unpaired) electrons. The summed E-state index contributed by atoms with van der Waals surface area (Å²) in [5.41, 5.74) is 0.211. The van der Waals surface area contributed by atoms with Crippen LogP contribution in [0.25, 0.3) is 10.9 Å². The molecule has 1 heterocycles. The largest absolute Gasteiger partial charge is 0.394 e. The van der Waals surface area contributed by atoms with Gasteiger partial charge in [0.05, 0.1) is 24.8 Å². The van der Waals surface area contributed by atoms with Crippen LogP contribution in [0.3, 0.4) is 0 Å². The molecular weight excluding hydrogens is 446 g/mol. The van der Waals surface area contributed by atoms with Crippen molar-refractivity contribution in [3.05, 3.63) is 30.0 Å². The number of amides is 2. The lowest BCUT2D eigenvalue weighted by atomic mass is 9.85. The Kier molecular flexibility index (Phi) is 7.92. The van der Waals surface area contributed by atoms with E-state index in [1.165, 1.54) is 0 Å². The predicted octanol–water partition coefficient (Wildman–Crippen LogP) is 2.48. The minimum absolute atomic E-state index is 0.0424. The number of aromatic nitrogens is 2. The maximum atomic E-state index is 13.6. The molecule has 0 spiro atoms. The molecule has 1 fully saturated rings. The Bertz CT molecular complexity index is 1000. The lowest BCUT2D eigenvalue weighted by Crippen LogP contribution is -2.56. The fourth-order valence-corrected chi connectivity index (χ4v) is 4.27. The van der Waals surface area contributed by atoms with Crippen molar-refractivity contribution in [2.45, 2.75) is 71.0 Å². The smallest absolute Gasteiger partial charge is 0.273 e. The third-order valence-electron chi connectivity index (χ3n) is 6.33. The summed E-state index contributed by atoms with van der Waals surface area (Å²) in [6.07, 6.45) is 0.502. The van der Waals surface area contributed by atoms with Gasteiger partial charge in [-0.05, 0) is 30.2 Å². The Morgan fingerprint density at radius 1 is 1.15 bits per heavy atom. The normalized spacial score (nSPS) is 17.6.